The molecule has 0 aromatic carbocycles. The third kappa shape index (κ3) is 3.79. The Labute approximate surface area is 101 Å². The Bertz CT molecular complexity index is 444. The van der Waals surface area contributed by atoms with Crippen LogP contribution in [0.5, 0.6) is 0 Å². The Morgan fingerprint density at radius 1 is 1.44 bits per heavy atom. The molecule has 0 aromatic heterocycles. The summed E-state index contributed by atoms with van der Waals surface area (Å²) in [5.41, 5.74) is -5.62. The maximum Gasteiger partial charge on any atom is 0.534 e. The molecule has 0 bridgehead atoms. The topological polar surface area (TPSA) is 72.7 Å². The molecule has 0 amide bonds. The van der Waals surface area contributed by atoms with Gasteiger partial charge in [0, 0.05) is 12.6 Å². The maximum absolute atomic E-state index is 11.4. The highest BCUT2D eigenvalue weighted by Crippen LogP contribution is 2.26. The standard InChI is InChI=1S/C5H7N.C3H3F3O5S/c1-2-5-4-6(5)3-1;1-10-2(7)11-12(8,9)3(4,5)6/h1,3,5H,2,4H2;1H3. The molecular formula is C8H10F3NO5S. The van der Waals surface area contributed by atoms with E-state index in [9.17, 15) is 26.4 Å². The van der Waals surface area contributed by atoms with E-state index in [4.69, 9.17) is 0 Å². The molecule has 0 aliphatic carbocycles. The molecule has 2 aliphatic heterocycles. The van der Waals surface area contributed by atoms with Crippen LogP contribution in [0.3, 0.4) is 0 Å². The lowest BCUT2D eigenvalue weighted by Crippen LogP contribution is -2.27. The number of hydrogen-bond donors (Lipinski definition) is 0. The summed E-state index contributed by atoms with van der Waals surface area (Å²) in [6, 6.07) is 0.935. The average Bonchev–Trinajstić information content (AvgIpc) is 2.84. The summed E-state index contributed by atoms with van der Waals surface area (Å²) in [6.45, 7) is 1.33. The summed E-state index contributed by atoms with van der Waals surface area (Å²) < 4.78 is 60.7. The van der Waals surface area contributed by atoms with E-state index in [0.717, 1.165) is 6.04 Å². The van der Waals surface area contributed by atoms with Crippen molar-refractivity contribution in [2.24, 2.45) is 0 Å². The van der Waals surface area contributed by atoms with Gasteiger partial charge in [-0.1, -0.05) is 6.08 Å². The molecular weight excluding hydrogens is 279 g/mol. The van der Waals surface area contributed by atoms with Gasteiger partial charge in [-0.25, -0.2) is 4.79 Å². The van der Waals surface area contributed by atoms with Gasteiger partial charge < -0.3 is 13.8 Å². The largest absolute Gasteiger partial charge is 0.534 e. The van der Waals surface area contributed by atoms with Crippen LogP contribution in [0.1, 0.15) is 6.42 Å². The Morgan fingerprint density at radius 2 is 2.06 bits per heavy atom. The average molecular weight is 289 g/mol. The summed E-state index contributed by atoms with van der Waals surface area (Å²) in [7, 11) is -5.21. The first-order valence-electron chi connectivity index (χ1n) is 4.68. The molecule has 2 rings (SSSR count). The van der Waals surface area contributed by atoms with Crippen LogP contribution < -0.4 is 0 Å². The smallest absolute Gasteiger partial charge is 0.437 e. The van der Waals surface area contributed by atoms with Crippen LogP contribution in [0.4, 0.5) is 18.0 Å². The first-order chi connectivity index (χ1) is 8.17. The summed E-state index contributed by atoms with van der Waals surface area (Å²) in [4.78, 5) is 12.3. The molecule has 1 saturated heterocycles. The molecule has 0 radical (unpaired) electrons. The second-order valence-electron chi connectivity index (χ2n) is 3.41. The lowest BCUT2D eigenvalue weighted by atomic mass is 10.3. The monoisotopic (exact) mass is 289 g/mol. The summed E-state index contributed by atoms with van der Waals surface area (Å²) in [5.74, 6) is 0. The van der Waals surface area contributed by atoms with Gasteiger partial charge in [0.25, 0.3) is 0 Å². The number of hydrogen-bond acceptors (Lipinski definition) is 6. The zero-order valence-electron chi connectivity index (χ0n) is 9.18. The van der Waals surface area contributed by atoms with Crippen LogP contribution in [-0.2, 0) is 19.0 Å². The molecule has 0 saturated carbocycles. The van der Waals surface area contributed by atoms with Gasteiger partial charge in [-0.05, 0) is 12.6 Å². The minimum atomic E-state index is -5.88. The molecule has 1 unspecified atom stereocenters. The summed E-state index contributed by atoms with van der Waals surface area (Å²) in [5, 5.41) is 0. The summed E-state index contributed by atoms with van der Waals surface area (Å²) >= 11 is 0. The molecule has 0 N–H and O–H groups in total. The van der Waals surface area contributed by atoms with Crippen molar-refractivity contribution < 1.29 is 35.3 Å². The molecule has 0 aromatic rings. The fourth-order valence-corrected chi connectivity index (χ4v) is 1.45. The van der Waals surface area contributed by atoms with Crippen LogP contribution in [0, 0.1) is 0 Å². The van der Waals surface area contributed by atoms with E-state index >= 15 is 0 Å². The van der Waals surface area contributed by atoms with Crippen LogP contribution in [-0.4, -0.2) is 44.7 Å². The third-order valence-corrected chi connectivity index (χ3v) is 3.01. The minimum absolute atomic E-state index is 0.675. The van der Waals surface area contributed by atoms with Gasteiger partial charge in [0.1, 0.15) is 0 Å². The fourth-order valence-electron chi connectivity index (χ4n) is 1.11. The van der Waals surface area contributed by atoms with E-state index in [0.29, 0.717) is 7.11 Å². The van der Waals surface area contributed by atoms with Crippen LogP contribution in [0.25, 0.3) is 0 Å². The number of alkyl halides is 3. The number of carbonyl (C=O) groups is 1. The van der Waals surface area contributed by atoms with Gasteiger partial charge in [-0.2, -0.15) is 21.6 Å². The number of rotatable bonds is 1. The van der Waals surface area contributed by atoms with Crippen molar-refractivity contribution in [3.8, 4) is 0 Å². The quantitative estimate of drug-likeness (QED) is 0.313. The normalized spacial score (nSPS) is 20.7. The van der Waals surface area contributed by atoms with Gasteiger partial charge in [-0.15, -0.1) is 0 Å². The van der Waals surface area contributed by atoms with Crippen molar-refractivity contribution >= 4 is 16.3 Å². The van der Waals surface area contributed by atoms with Crippen LogP contribution in [0.15, 0.2) is 12.3 Å². The Hall–Kier alpha value is -1.45. The van der Waals surface area contributed by atoms with E-state index in [1.807, 2.05) is 0 Å². The predicted octanol–water partition coefficient (Wildman–Crippen LogP) is 1.21. The van der Waals surface area contributed by atoms with Gasteiger partial charge in [0.2, 0.25) is 0 Å². The van der Waals surface area contributed by atoms with Crippen LogP contribution in [0.2, 0.25) is 0 Å². The molecule has 1 fully saturated rings. The molecule has 2 aliphatic rings. The number of ether oxygens (including phenoxy) is 1. The highest BCUT2D eigenvalue weighted by Gasteiger charge is 2.49. The molecule has 18 heavy (non-hydrogen) atoms. The number of fused-ring (bicyclic) bond motifs is 1. The Morgan fingerprint density at radius 3 is 2.28 bits per heavy atom. The Balaban J connectivity index is 0.000000217. The zero-order chi connectivity index (χ0) is 14.0. The van der Waals surface area contributed by atoms with Crippen molar-refractivity contribution in [3.05, 3.63) is 12.3 Å². The number of nitrogens with zero attached hydrogens (tertiary/aromatic N) is 1. The van der Waals surface area contributed by atoms with E-state index in [1.54, 1.807) is 0 Å². The minimum Gasteiger partial charge on any atom is -0.437 e. The second kappa shape index (κ2) is 5.04. The number of carbonyl (C=O) groups excluding carboxylic acids is 1. The maximum atomic E-state index is 11.4. The molecule has 0 spiro atoms. The third-order valence-electron chi connectivity index (χ3n) is 2.09. The van der Waals surface area contributed by atoms with Gasteiger partial charge >= 0.3 is 21.8 Å². The van der Waals surface area contributed by atoms with Crippen molar-refractivity contribution in [1.29, 1.82) is 0 Å². The van der Waals surface area contributed by atoms with E-state index in [1.165, 1.54) is 13.0 Å². The van der Waals surface area contributed by atoms with E-state index in [2.05, 4.69) is 26.1 Å². The van der Waals surface area contributed by atoms with Crippen molar-refractivity contribution in [1.82, 2.24) is 4.90 Å². The lowest BCUT2D eigenvalue weighted by Gasteiger charge is -2.05. The first kappa shape index (κ1) is 14.6. The second-order valence-corrected chi connectivity index (χ2v) is 4.95. The zero-order valence-corrected chi connectivity index (χ0v) is 9.99. The van der Waals surface area contributed by atoms with Crippen molar-refractivity contribution in [2.75, 3.05) is 13.7 Å². The highest BCUT2D eigenvalue weighted by atomic mass is 32.2. The number of halogens is 3. The molecule has 6 nitrogen and oxygen atoms in total. The molecule has 104 valence electrons. The molecule has 1 atom stereocenters. The van der Waals surface area contributed by atoms with Gasteiger partial charge in [-0.3, -0.25) is 0 Å². The van der Waals surface area contributed by atoms with Gasteiger partial charge in [0.05, 0.1) is 7.11 Å². The highest BCUT2D eigenvalue weighted by molar-refractivity contribution is 7.88. The predicted molar refractivity (Wildman–Crippen MR) is 52.7 cm³/mol. The van der Waals surface area contributed by atoms with Crippen LogP contribution >= 0.6 is 0 Å². The van der Waals surface area contributed by atoms with E-state index < -0.39 is 21.8 Å². The van der Waals surface area contributed by atoms with E-state index in [-0.39, 0.29) is 0 Å². The molecule has 10 heteroatoms. The van der Waals surface area contributed by atoms with Crippen molar-refractivity contribution in [3.63, 3.8) is 0 Å². The number of methoxy groups -OCH3 is 1. The SMILES string of the molecule is C1=CN2CC2C1.COC(=O)OS(=O)(=O)C(F)(F)F. The lowest BCUT2D eigenvalue weighted by molar-refractivity contribution is -0.0532. The molecule has 2 heterocycles. The fraction of sp³-hybridized carbons (Fsp3) is 0.625. The Kier molecular flexibility index (Phi) is 4.09. The van der Waals surface area contributed by atoms with Gasteiger partial charge in [0.15, 0.2) is 0 Å². The van der Waals surface area contributed by atoms with Crippen molar-refractivity contribution in [2.45, 2.75) is 18.0 Å². The summed E-state index contributed by atoms with van der Waals surface area (Å²) in [6.07, 6.45) is 3.78. The first-order valence-corrected chi connectivity index (χ1v) is 6.09.